The van der Waals surface area contributed by atoms with Crippen molar-refractivity contribution in [2.45, 2.75) is 6.42 Å². The second kappa shape index (κ2) is 8.15. The Morgan fingerprint density at radius 3 is 2.68 bits per heavy atom. The maximum atomic E-state index is 11.9. The van der Waals surface area contributed by atoms with Crippen LogP contribution in [0, 0.1) is 0 Å². The van der Waals surface area contributed by atoms with Crippen molar-refractivity contribution in [2.24, 2.45) is 0 Å². The molecule has 1 N–H and O–H groups in total. The molecule has 0 spiro atoms. The van der Waals surface area contributed by atoms with Crippen LogP contribution in [0.25, 0.3) is 10.9 Å². The van der Waals surface area contributed by atoms with Gasteiger partial charge in [0.2, 0.25) is 5.91 Å². The summed E-state index contributed by atoms with van der Waals surface area (Å²) in [6.07, 6.45) is 2.10. The fourth-order valence-electron chi connectivity index (χ4n) is 2.49. The van der Waals surface area contributed by atoms with Crippen molar-refractivity contribution < 1.29 is 14.3 Å². The van der Waals surface area contributed by atoms with Gasteiger partial charge >= 0.3 is 0 Å². The largest absolute Gasteiger partial charge is 0.497 e. The van der Waals surface area contributed by atoms with Crippen molar-refractivity contribution in [1.82, 2.24) is 10.3 Å². The zero-order chi connectivity index (χ0) is 17.5. The molecule has 128 valence electrons. The maximum Gasteiger partial charge on any atom is 0.224 e. The van der Waals surface area contributed by atoms with Crippen LogP contribution >= 0.6 is 0 Å². The number of nitrogens with zero attached hydrogens (tertiary/aromatic N) is 1. The molecule has 25 heavy (non-hydrogen) atoms. The van der Waals surface area contributed by atoms with Crippen molar-refractivity contribution >= 4 is 16.8 Å². The van der Waals surface area contributed by atoms with Crippen LogP contribution in [0.2, 0.25) is 0 Å². The van der Waals surface area contributed by atoms with Gasteiger partial charge in [-0.3, -0.25) is 9.78 Å². The summed E-state index contributed by atoms with van der Waals surface area (Å²) in [5, 5.41) is 3.89. The maximum absolute atomic E-state index is 11.9. The Morgan fingerprint density at radius 2 is 1.88 bits per heavy atom. The van der Waals surface area contributed by atoms with Gasteiger partial charge < -0.3 is 14.8 Å². The number of fused-ring (bicyclic) bond motifs is 1. The van der Waals surface area contributed by atoms with Crippen LogP contribution in [0.1, 0.15) is 5.56 Å². The zero-order valence-electron chi connectivity index (χ0n) is 14.1. The SMILES string of the molecule is COc1ccc(CC(=O)NCCOc2ccc3ncccc3c2)cc1. The van der Waals surface area contributed by atoms with Gasteiger partial charge in [0.1, 0.15) is 18.1 Å². The Kier molecular flexibility index (Phi) is 5.46. The van der Waals surface area contributed by atoms with E-state index in [0.29, 0.717) is 19.6 Å². The highest BCUT2D eigenvalue weighted by Crippen LogP contribution is 2.18. The van der Waals surface area contributed by atoms with Crippen molar-refractivity contribution in [3.63, 3.8) is 0 Å². The van der Waals surface area contributed by atoms with Gasteiger partial charge in [0, 0.05) is 11.6 Å². The molecular weight excluding hydrogens is 316 g/mol. The van der Waals surface area contributed by atoms with Gasteiger partial charge in [0.25, 0.3) is 0 Å². The number of carbonyl (C=O) groups is 1. The summed E-state index contributed by atoms with van der Waals surface area (Å²) in [6, 6.07) is 17.1. The molecule has 0 aliphatic rings. The van der Waals surface area contributed by atoms with Gasteiger partial charge in [0.15, 0.2) is 0 Å². The summed E-state index contributed by atoms with van der Waals surface area (Å²) in [7, 11) is 1.62. The van der Waals surface area contributed by atoms with Crippen molar-refractivity contribution in [1.29, 1.82) is 0 Å². The van der Waals surface area contributed by atoms with Crippen LogP contribution < -0.4 is 14.8 Å². The molecule has 0 atom stereocenters. The van der Waals surface area contributed by atoms with Crippen LogP contribution in [0.5, 0.6) is 11.5 Å². The van der Waals surface area contributed by atoms with Crippen LogP contribution in [0.4, 0.5) is 0 Å². The first-order valence-corrected chi connectivity index (χ1v) is 8.12. The Labute approximate surface area is 146 Å². The molecule has 1 amide bonds. The summed E-state index contributed by atoms with van der Waals surface area (Å²) < 4.78 is 10.8. The molecule has 2 aromatic carbocycles. The van der Waals surface area contributed by atoms with E-state index in [0.717, 1.165) is 28.0 Å². The number of hydrogen-bond donors (Lipinski definition) is 1. The highest BCUT2D eigenvalue weighted by molar-refractivity contribution is 5.80. The third-order valence-corrected chi connectivity index (χ3v) is 3.79. The molecule has 5 nitrogen and oxygen atoms in total. The van der Waals surface area contributed by atoms with Gasteiger partial charge in [-0.15, -0.1) is 0 Å². The van der Waals surface area contributed by atoms with E-state index in [1.54, 1.807) is 13.3 Å². The summed E-state index contributed by atoms with van der Waals surface area (Å²) >= 11 is 0. The van der Waals surface area contributed by atoms with E-state index in [2.05, 4.69) is 10.3 Å². The first kappa shape index (κ1) is 16.8. The lowest BCUT2D eigenvalue weighted by molar-refractivity contribution is -0.120. The predicted octanol–water partition coefficient (Wildman–Crippen LogP) is 2.98. The molecule has 0 saturated carbocycles. The van der Waals surface area contributed by atoms with Crippen LogP contribution in [-0.4, -0.2) is 31.2 Å². The van der Waals surface area contributed by atoms with Crippen molar-refractivity contribution in [3.05, 3.63) is 66.4 Å². The molecule has 0 bridgehead atoms. The first-order chi connectivity index (χ1) is 12.2. The van der Waals surface area contributed by atoms with Gasteiger partial charge in [0.05, 0.1) is 25.6 Å². The predicted molar refractivity (Wildman–Crippen MR) is 96.9 cm³/mol. The summed E-state index contributed by atoms with van der Waals surface area (Å²) in [5.41, 5.74) is 1.88. The topological polar surface area (TPSA) is 60.5 Å². The fraction of sp³-hybridized carbons (Fsp3) is 0.200. The van der Waals surface area contributed by atoms with E-state index in [1.807, 2.05) is 54.6 Å². The van der Waals surface area contributed by atoms with Crippen molar-refractivity contribution in [2.75, 3.05) is 20.3 Å². The van der Waals surface area contributed by atoms with Crippen LogP contribution in [0.15, 0.2) is 60.8 Å². The Morgan fingerprint density at radius 1 is 1.08 bits per heavy atom. The van der Waals surface area contributed by atoms with E-state index in [-0.39, 0.29) is 5.91 Å². The monoisotopic (exact) mass is 336 g/mol. The Balaban J connectivity index is 1.43. The number of rotatable bonds is 7. The second-order valence-electron chi connectivity index (χ2n) is 5.58. The van der Waals surface area contributed by atoms with E-state index in [1.165, 1.54) is 0 Å². The van der Waals surface area contributed by atoms with Crippen molar-refractivity contribution in [3.8, 4) is 11.5 Å². The molecule has 0 radical (unpaired) electrons. The van der Waals surface area contributed by atoms with Crippen LogP contribution in [-0.2, 0) is 11.2 Å². The third-order valence-electron chi connectivity index (χ3n) is 3.79. The molecule has 0 saturated heterocycles. The average Bonchev–Trinajstić information content (AvgIpc) is 2.66. The van der Waals surface area contributed by atoms with Gasteiger partial charge in [-0.05, 0) is 42.0 Å². The molecule has 3 rings (SSSR count). The lowest BCUT2D eigenvalue weighted by Crippen LogP contribution is -2.29. The minimum absolute atomic E-state index is 0.0310. The summed E-state index contributed by atoms with van der Waals surface area (Å²) in [5.74, 6) is 1.52. The minimum Gasteiger partial charge on any atom is -0.497 e. The molecule has 1 heterocycles. The van der Waals surface area contributed by atoms with Crippen LogP contribution in [0.3, 0.4) is 0 Å². The molecule has 1 aromatic heterocycles. The Hall–Kier alpha value is -3.08. The number of nitrogens with one attached hydrogen (secondary N) is 1. The average molecular weight is 336 g/mol. The van der Waals surface area contributed by atoms with E-state index < -0.39 is 0 Å². The fourth-order valence-corrected chi connectivity index (χ4v) is 2.49. The molecule has 0 aliphatic carbocycles. The number of pyridine rings is 1. The molecule has 5 heteroatoms. The number of carbonyl (C=O) groups excluding carboxylic acids is 1. The Bertz CT molecular complexity index is 847. The van der Waals surface area contributed by atoms with E-state index in [4.69, 9.17) is 9.47 Å². The van der Waals surface area contributed by atoms with E-state index >= 15 is 0 Å². The van der Waals surface area contributed by atoms with Gasteiger partial charge in [-0.25, -0.2) is 0 Å². The normalized spacial score (nSPS) is 10.4. The smallest absolute Gasteiger partial charge is 0.224 e. The quantitative estimate of drug-likeness (QED) is 0.674. The third kappa shape index (κ3) is 4.70. The number of hydrogen-bond acceptors (Lipinski definition) is 4. The molecule has 3 aromatic rings. The van der Waals surface area contributed by atoms with Gasteiger partial charge in [-0.1, -0.05) is 18.2 Å². The number of aromatic nitrogens is 1. The minimum atomic E-state index is -0.0310. The summed E-state index contributed by atoms with van der Waals surface area (Å²) in [6.45, 7) is 0.875. The molecule has 0 fully saturated rings. The lowest BCUT2D eigenvalue weighted by Gasteiger charge is -2.09. The summed E-state index contributed by atoms with van der Waals surface area (Å²) in [4.78, 5) is 16.2. The number of benzene rings is 2. The number of ether oxygens (including phenoxy) is 2. The van der Waals surface area contributed by atoms with E-state index in [9.17, 15) is 4.79 Å². The molecule has 0 unspecified atom stereocenters. The second-order valence-corrected chi connectivity index (χ2v) is 5.58. The number of methoxy groups -OCH3 is 1. The first-order valence-electron chi connectivity index (χ1n) is 8.12. The highest BCUT2D eigenvalue weighted by Gasteiger charge is 2.04. The lowest BCUT2D eigenvalue weighted by atomic mass is 10.1. The standard InChI is InChI=1S/C20H20N2O3/c1-24-17-6-4-15(5-7-17)13-20(23)22-11-12-25-18-8-9-19-16(14-18)3-2-10-21-19/h2-10,14H,11-13H2,1H3,(H,22,23). The molecular formula is C20H20N2O3. The highest BCUT2D eigenvalue weighted by atomic mass is 16.5. The van der Waals surface area contributed by atoms with Gasteiger partial charge in [-0.2, -0.15) is 0 Å². The molecule has 0 aliphatic heterocycles. The zero-order valence-corrected chi connectivity index (χ0v) is 14.1. The number of amides is 1.